The van der Waals surface area contributed by atoms with Crippen molar-refractivity contribution in [3.05, 3.63) is 52.3 Å². The third-order valence-electron chi connectivity index (χ3n) is 6.42. The average Bonchev–Trinajstić information content (AvgIpc) is 3.12. The molecular formula is C24H30ClN5O3Si. The lowest BCUT2D eigenvalue weighted by Gasteiger charge is -2.36. The predicted octanol–water partition coefficient (Wildman–Crippen LogP) is 5.49. The molecule has 0 fully saturated rings. The summed E-state index contributed by atoms with van der Waals surface area (Å²) in [6.07, 6.45) is 4.74. The summed E-state index contributed by atoms with van der Waals surface area (Å²) in [6, 6.07) is 7.19. The number of rotatable bonds is 8. The Hall–Kier alpha value is -2.75. The van der Waals surface area contributed by atoms with E-state index in [2.05, 4.69) is 53.8 Å². The summed E-state index contributed by atoms with van der Waals surface area (Å²) in [5, 5.41) is 1.51. The van der Waals surface area contributed by atoms with Gasteiger partial charge in [-0.05, 0) is 55.2 Å². The SMILES string of the molecule is CC(C)(C)[Si](C)(C)OCCCCOc1ncnc2[nH]c(=O)n(-c3ccc4nccc(Cl)c4c3)c12. The highest BCUT2D eigenvalue weighted by Gasteiger charge is 2.36. The fourth-order valence-corrected chi connectivity index (χ4v) is 4.72. The molecule has 0 spiro atoms. The fraction of sp³-hybridized carbons (Fsp3) is 0.417. The smallest absolute Gasteiger partial charge is 0.332 e. The number of nitrogens with one attached hydrogen (secondary N) is 1. The molecule has 0 amide bonds. The number of ether oxygens (including phenoxy) is 1. The zero-order valence-electron chi connectivity index (χ0n) is 20.2. The van der Waals surface area contributed by atoms with Crippen LogP contribution in [-0.2, 0) is 4.43 Å². The summed E-state index contributed by atoms with van der Waals surface area (Å²) in [4.78, 5) is 28.4. The van der Waals surface area contributed by atoms with Gasteiger partial charge in [0.25, 0.3) is 0 Å². The van der Waals surface area contributed by atoms with Gasteiger partial charge in [0.1, 0.15) is 6.33 Å². The summed E-state index contributed by atoms with van der Waals surface area (Å²) in [7, 11) is -1.75. The first-order valence-electron chi connectivity index (χ1n) is 11.4. The number of benzene rings is 1. The van der Waals surface area contributed by atoms with Crippen LogP contribution in [0.25, 0.3) is 27.8 Å². The van der Waals surface area contributed by atoms with Crippen molar-refractivity contribution in [1.82, 2.24) is 24.5 Å². The zero-order chi connectivity index (χ0) is 24.5. The minimum absolute atomic E-state index is 0.192. The molecule has 0 aliphatic carbocycles. The number of halogens is 1. The number of H-pyrrole nitrogens is 1. The molecule has 3 aromatic heterocycles. The molecule has 0 saturated carbocycles. The Kier molecular flexibility index (Phi) is 6.79. The van der Waals surface area contributed by atoms with E-state index in [4.69, 9.17) is 20.8 Å². The molecule has 3 heterocycles. The van der Waals surface area contributed by atoms with E-state index in [0.29, 0.717) is 41.0 Å². The van der Waals surface area contributed by atoms with E-state index < -0.39 is 8.32 Å². The van der Waals surface area contributed by atoms with Crippen molar-refractivity contribution in [3.63, 3.8) is 0 Å². The van der Waals surface area contributed by atoms with Gasteiger partial charge in [0, 0.05) is 18.2 Å². The molecule has 0 saturated heterocycles. The fourth-order valence-electron chi connectivity index (χ4n) is 3.42. The van der Waals surface area contributed by atoms with E-state index in [0.717, 1.165) is 23.7 Å². The van der Waals surface area contributed by atoms with Crippen LogP contribution in [-0.4, -0.2) is 46.0 Å². The van der Waals surface area contributed by atoms with E-state index in [9.17, 15) is 4.79 Å². The Morgan fingerprint density at radius 2 is 1.85 bits per heavy atom. The first-order valence-corrected chi connectivity index (χ1v) is 14.6. The highest BCUT2D eigenvalue weighted by molar-refractivity contribution is 6.74. The van der Waals surface area contributed by atoms with Gasteiger partial charge in [0.05, 0.1) is 22.8 Å². The average molecular weight is 500 g/mol. The first kappa shape index (κ1) is 24.4. The number of aromatic nitrogens is 5. The highest BCUT2D eigenvalue weighted by Crippen LogP contribution is 2.36. The number of hydrogen-bond acceptors (Lipinski definition) is 6. The third-order valence-corrected chi connectivity index (χ3v) is 11.3. The summed E-state index contributed by atoms with van der Waals surface area (Å²) >= 11 is 6.35. The molecule has 4 aromatic rings. The minimum Gasteiger partial charge on any atom is -0.476 e. The molecule has 0 atom stereocenters. The van der Waals surface area contributed by atoms with Crippen molar-refractivity contribution in [3.8, 4) is 11.6 Å². The Bertz CT molecular complexity index is 1380. The lowest BCUT2D eigenvalue weighted by molar-refractivity contribution is 0.249. The molecule has 180 valence electrons. The van der Waals surface area contributed by atoms with Crippen molar-refractivity contribution >= 4 is 42.0 Å². The number of nitrogens with zero attached hydrogens (tertiary/aromatic N) is 4. The van der Waals surface area contributed by atoms with Gasteiger partial charge in [-0.2, -0.15) is 4.98 Å². The van der Waals surface area contributed by atoms with Crippen LogP contribution in [0, 0.1) is 0 Å². The quantitative estimate of drug-likeness (QED) is 0.254. The summed E-state index contributed by atoms with van der Waals surface area (Å²) in [5.74, 6) is 0.353. The second-order valence-electron chi connectivity index (χ2n) is 9.80. The lowest BCUT2D eigenvalue weighted by Crippen LogP contribution is -2.41. The second kappa shape index (κ2) is 9.48. The maximum Gasteiger partial charge on any atom is 0.332 e. The van der Waals surface area contributed by atoms with E-state index in [1.807, 2.05) is 18.2 Å². The van der Waals surface area contributed by atoms with Crippen molar-refractivity contribution < 1.29 is 9.16 Å². The molecule has 0 aliphatic heterocycles. The van der Waals surface area contributed by atoms with Gasteiger partial charge in [0.2, 0.25) is 5.88 Å². The van der Waals surface area contributed by atoms with Crippen LogP contribution in [0.5, 0.6) is 5.88 Å². The van der Waals surface area contributed by atoms with Crippen molar-refractivity contribution in [2.24, 2.45) is 0 Å². The Balaban J connectivity index is 1.52. The number of imidazole rings is 1. The Morgan fingerprint density at radius 1 is 1.09 bits per heavy atom. The van der Waals surface area contributed by atoms with Crippen LogP contribution >= 0.6 is 11.6 Å². The number of pyridine rings is 1. The topological polar surface area (TPSA) is 94.9 Å². The minimum atomic E-state index is -1.75. The summed E-state index contributed by atoms with van der Waals surface area (Å²) in [6.45, 7) is 12.4. The molecule has 10 heteroatoms. The van der Waals surface area contributed by atoms with Crippen LogP contribution in [0.3, 0.4) is 0 Å². The van der Waals surface area contributed by atoms with E-state index in [-0.39, 0.29) is 10.7 Å². The van der Waals surface area contributed by atoms with Crippen LogP contribution in [0.4, 0.5) is 0 Å². The van der Waals surface area contributed by atoms with Gasteiger partial charge in [-0.1, -0.05) is 32.4 Å². The molecule has 1 aromatic carbocycles. The lowest BCUT2D eigenvalue weighted by atomic mass is 10.2. The molecule has 0 unspecified atom stereocenters. The first-order chi connectivity index (χ1) is 16.1. The van der Waals surface area contributed by atoms with Gasteiger partial charge >= 0.3 is 5.69 Å². The normalized spacial score (nSPS) is 12.5. The number of hydrogen-bond donors (Lipinski definition) is 1. The molecule has 0 aliphatic rings. The summed E-state index contributed by atoms with van der Waals surface area (Å²) < 4.78 is 13.7. The molecule has 8 nitrogen and oxygen atoms in total. The molecule has 0 radical (unpaired) electrons. The highest BCUT2D eigenvalue weighted by atomic mass is 35.5. The van der Waals surface area contributed by atoms with Crippen molar-refractivity contribution in [2.75, 3.05) is 13.2 Å². The van der Waals surface area contributed by atoms with Crippen LogP contribution in [0.2, 0.25) is 23.2 Å². The largest absolute Gasteiger partial charge is 0.476 e. The van der Waals surface area contributed by atoms with Crippen LogP contribution in [0.1, 0.15) is 33.6 Å². The van der Waals surface area contributed by atoms with Gasteiger partial charge in [0.15, 0.2) is 19.5 Å². The van der Waals surface area contributed by atoms with Crippen molar-refractivity contribution in [2.45, 2.75) is 51.7 Å². The van der Waals surface area contributed by atoms with Gasteiger partial charge in [-0.25, -0.2) is 9.78 Å². The molecule has 4 rings (SSSR count). The molecule has 1 N–H and O–H groups in total. The van der Waals surface area contributed by atoms with Gasteiger partial charge < -0.3 is 9.16 Å². The summed E-state index contributed by atoms with van der Waals surface area (Å²) in [5.41, 5.74) is 1.94. The standard InChI is InChI=1S/C24H30ClN5O3Si/c1-24(2,3)34(4,5)33-13-7-6-12-32-22-20-21(27-15-28-22)29-23(31)30(20)16-8-9-19-17(14-16)18(25)10-11-26-19/h8-11,14-15H,6-7,12-13H2,1-5H3,(H,27,28,29,31). The van der Waals surface area contributed by atoms with E-state index in [1.54, 1.807) is 12.3 Å². The molecule has 34 heavy (non-hydrogen) atoms. The van der Waals surface area contributed by atoms with E-state index in [1.165, 1.54) is 10.9 Å². The maximum atomic E-state index is 12.8. The third kappa shape index (κ3) is 4.87. The Labute approximate surface area is 204 Å². The maximum absolute atomic E-state index is 12.8. The molecular weight excluding hydrogens is 470 g/mol. The molecule has 0 bridgehead atoms. The van der Waals surface area contributed by atoms with Crippen LogP contribution in [0.15, 0.2) is 41.6 Å². The number of fused-ring (bicyclic) bond motifs is 2. The van der Waals surface area contributed by atoms with Crippen molar-refractivity contribution in [1.29, 1.82) is 0 Å². The van der Waals surface area contributed by atoms with Crippen LogP contribution < -0.4 is 10.4 Å². The monoisotopic (exact) mass is 499 g/mol. The number of aromatic amines is 1. The number of unbranched alkanes of at least 4 members (excludes halogenated alkanes) is 1. The van der Waals surface area contributed by atoms with E-state index >= 15 is 0 Å². The second-order valence-corrected chi connectivity index (χ2v) is 15.0. The van der Waals surface area contributed by atoms with Gasteiger partial charge in [-0.3, -0.25) is 14.5 Å². The Morgan fingerprint density at radius 3 is 2.62 bits per heavy atom. The van der Waals surface area contributed by atoms with Gasteiger partial charge in [-0.15, -0.1) is 0 Å². The predicted molar refractivity (Wildman–Crippen MR) is 138 cm³/mol. The zero-order valence-corrected chi connectivity index (χ0v) is 21.9.